The van der Waals surface area contributed by atoms with Crippen molar-refractivity contribution in [2.45, 2.75) is 0 Å². The predicted molar refractivity (Wildman–Crippen MR) is 105 cm³/mol. The van der Waals surface area contributed by atoms with Crippen molar-refractivity contribution in [3.63, 3.8) is 0 Å². The average Bonchev–Trinajstić information content (AvgIpc) is 3.13. The molecule has 0 saturated carbocycles. The van der Waals surface area contributed by atoms with E-state index in [9.17, 15) is 9.59 Å². The van der Waals surface area contributed by atoms with Gasteiger partial charge in [0.15, 0.2) is 23.1 Å². The molecule has 3 amide bonds. The number of urea groups is 1. The van der Waals surface area contributed by atoms with Crippen LogP contribution in [-0.4, -0.2) is 51.1 Å². The van der Waals surface area contributed by atoms with Crippen LogP contribution in [0.5, 0.6) is 5.75 Å². The Kier molecular flexibility index (Phi) is 5.53. The Morgan fingerprint density at radius 3 is 2.62 bits per heavy atom. The summed E-state index contributed by atoms with van der Waals surface area (Å²) in [6.45, 7) is 0. The topological polar surface area (TPSA) is 162 Å². The second kappa shape index (κ2) is 8.21. The molecular formula is C17H19N9O3. The van der Waals surface area contributed by atoms with E-state index >= 15 is 0 Å². The van der Waals surface area contributed by atoms with Gasteiger partial charge in [-0.2, -0.15) is 5.10 Å². The molecule has 29 heavy (non-hydrogen) atoms. The number of primary amides is 1. The number of nitrogens with two attached hydrogens (primary N) is 1. The molecule has 12 heteroatoms. The van der Waals surface area contributed by atoms with Crippen LogP contribution in [0.3, 0.4) is 0 Å². The highest BCUT2D eigenvalue weighted by atomic mass is 16.5. The highest BCUT2D eigenvalue weighted by Gasteiger charge is 2.19. The fourth-order valence-electron chi connectivity index (χ4n) is 2.60. The number of benzene rings is 1. The number of nitrogens with one attached hydrogen (secondary N) is 3. The lowest BCUT2D eigenvalue weighted by atomic mass is 10.1. The Balaban J connectivity index is 2.06. The van der Waals surface area contributed by atoms with Gasteiger partial charge in [-0.15, -0.1) is 10.2 Å². The smallest absolute Gasteiger partial charge is 0.317 e. The van der Waals surface area contributed by atoms with Crippen molar-refractivity contribution < 1.29 is 14.3 Å². The van der Waals surface area contributed by atoms with Crippen molar-refractivity contribution in [3.05, 3.63) is 36.3 Å². The maximum absolute atomic E-state index is 12.2. The van der Waals surface area contributed by atoms with Crippen LogP contribution in [-0.2, 0) is 7.05 Å². The van der Waals surface area contributed by atoms with Crippen molar-refractivity contribution in [3.8, 4) is 17.1 Å². The summed E-state index contributed by atoms with van der Waals surface area (Å²) in [5.41, 5.74) is 6.61. The number of nitrogens with zero attached hydrogens (tertiary/aromatic N) is 5. The van der Waals surface area contributed by atoms with Gasteiger partial charge in [0, 0.05) is 20.2 Å². The van der Waals surface area contributed by atoms with Crippen LogP contribution in [0.4, 0.5) is 22.0 Å². The molecule has 2 heterocycles. The lowest BCUT2D eigenvalue weighted by molar-refractivity contribution is 0.0958. The van der Waals surface area contributed by atoms with Gasteiger partial charge in [0.1, 0.15) is 6.33 Å². The molecule has 150 valence electrons. The van der Waals surface area contributed by atoms with E-state index in [0.29, 0.717) is 22.8 Å². The lowest BCUT2D eigenvalue weighted by Gasteiger charge is -2.16. The molecule has 3 aromatic rings. The number of hydrogen-bond donors (Lipinski definition) is 4. The highest BCUT2D eigenvalue weighted by Crippen LogP contribution is 2.37. The van der Waals surface area contributed by atoms with Gasteiger partial charge in [-0.05, 0) is 12.1 Å². The van der Waals surface area contributed by atoms with Gasteiger partial charge in [0.2, 0.25) is 0 Å². The van der Waals surface area contributed by atoms with Gasteiger partial charge in [0.05, 0.1) is 24.0 Å². The molecule has 0 radical (unpaired) electrons. The first-order valence-electron chi connectivity index (χ1n) is 8.39. The van der Waals surface area contributed by atoms with Crippen LogP contribution in [0, 0.1) is 0 Å². The fourth-order valence-corrected chi connectivity index (χ4v) is 2.60. The summed E-state index contributed by atoms with van der Waals surface area (Å²) < 4.78 is 7.13. The van der Waals surface area contributed by atoms with Crippen LogP contribution >= 0.6 is 0 Å². The second-order valence-corrected chi connectivity index (χ2v) is 5.81. The maximum atomic E-state index is 12.2. The number of aromatic nitrogens is 5. The van der Waals surface area contributed by atoms with Crippen LogP contribution in [0.15, 0.2) is 30.6 Å². The van der Waals surface area contributed by atoms with E-state index in [1.807, 2.05) is 6.07 Å². The molecule has 0 saturated heterocycles. The summed E-state index contributed by atoms with van der Waals surface area (Å²) in [6, 6.07) is 5.98. The van der Waals surface area contributed by atoms with Crippen LogP contribution in [0.25, 0.3) is 11.4 Å². The summed E-state index contributed by atoms with van der Waals surface area (Å²) in [5.74, 6) is 0.549. The monoisotopic (exact) mass is 397 g/mol. The zero-order chi connectivity index (χ0) is 21.0. The molecule has 0 atom stereocenters. The SMILES string of the molecule is CNC(=O)c1nnc(NC(N)=O)cc1Nc1cccc(-c2ncn(C)n2)c1OC. The van der Waals surface area contributed by atoms with Gasteiger partial charge in [0.25, 0.3) is 5.91 Å². The first-order valence-corrected chi connectivity index (χ1v) is 8.39. The van der Waals surface area contributed by atoms with Crippen LogP contribution in [0.1, 0.15) is 10.5 Å². The van der Waals surface area contributed by atoms with E-state index in [4.69, 9.17) is 10.5 Å². The van der Waals surface area contributed by atoms with E-state index in [0.717, 1.165) is 0 Å². The minimum absolute atomic E-state index is 0.0194. The summed E-state index contributed by atoms with van der Waals surface area (Å²) in [5, 5.41) is 19.9. The number of ether oxygens (including phenoxy) is 1. The van der Waals surface area contributed by atoms with Gasteiger partial charge >= 0.3 is 6.03 Å². The molecule has 1 aromatic carbocycles. The predicted octanol–water partition coefficient (Wildman–Crippen LogP) is 0.874. The maximum Gasteiger partial charge on any atom is 0.317 e. The van der Waals surface area contributed by atoms with Crippen molar-refractivity contribution in [1.29, 1.82) is 0 Å². The Morgan fingerprint density at radius 1 is 1.21 bits per heavy atom. The normalized spacial score (nSPS) is 10.3. The number of rotatable bonds is 6. The lowest BCUT2D eigenvalue weighted by Crippen LogP contribution is -2.23. The summed E-state index contributed by atoms with van der Waals surface area (Å²) >= 11 is 0. The van der Waals surface area contributed by atoms with E-state index < -0.39 is 11.9 Å². The third kappa shape index (κ3) is 4.21. The number of amides is 3. The van der Waals surface area contributed by atoms with Crippen molar-refractivity contribution >= 4 is 29.1 Å². The van der Waals surface area contributed by atoms with Gasteiger partial charge in [-0.3, -0.25) is 14.8 Å². The Morgan fingerprint density at radius 2 is 2.00 bits per heavy atom. The molecular weight excluding hydrogens is 378 g/mol. The van der Waals surface area contributed by atoms with E-state index in [-0.39, 0.29) is 17.2 Å². The van der Waals surface area contributed by atoms with Gasteiger partial charge in [-0.1, -0.05) is 6.07 Å². The van der Waals surface area contributed by atoms with Crippen molar-refractivity contribution in [2.75, 3.05) is 24.8 Å². The third-order valence-electron chi connectivity index (χ3n) is 3.82. The van der Waals surface area contributed by atoms with E-state index in [2.05, 4.69) is 36.2 Å². The summed E-state index contributed by atoms with van der Waals surface area (Å²) in [6.07, 6.45) is 1.58. The zero-order valence-electron chi connectivity index (χ0n) is 15.9. The number of carbonyl (C=O) groups is 2. The molecule has 0 unspecified atom stereocenters. The van der Waals surface area contributed by atoms with Crippen molar-refractivity contribution in [2.24, 2.45) is 12.8 Å². The molecule has 0 aliphatic heterocycles. The Bertz CT molecular complexity index is 1060. The number of hydrogen-bond acceptors (Lipinski definition) is 8. The minimum Gasteiger partial charge on any atom is -0.494 e. The minimum atomic E-state index is -0.807. The van der Waals surface area contributed by atoms with Crippen LogP contribution in [0.2, 0.25) is 0 Å². The number of methoxy groups -OCH3 is 1. The number of anilines is 3. The molecule has 5 N–H and O–H groups in total. The van der Waals surface area contributed by atoms with Gasteiger partial charge < -0.3 is 21.1 Å². The largest absolute Gasteiger partial charge is 0.494 e. The third-order valence-corrected chi connectivity index (χ3v) is 3.82. The standard InChI is InChI=1S/C17H19N9O3/c1-19-16(27)13-11(7-12(23-24-13)22-17(18)28)21-10-6-4-5-9(14(10)29-3)15-20-8-26(2)25-15/h4-8H,1-3H3,(H,19,27)(H4,18,21,22,23,28). The molecule has 0 aliphatic rings. The van der Waals surface area contributed by atoms with Crippen LogP contribution < -0.4 is 26.4 Å². The molecule has 0 aliphatic carbocycles. The van der Waals surface area contributed by atoms with Crippen molar-refractivity contribution in [1.82, 2.24) is 30.3 Å². The first-order chi connectivity index (χ1) is 13.9. The van der Waals surface area contributed by atoms with Gasteiger partial charge in [-0.25, -0.2) is 9.78 Å². The summed E-state index contributed by atoms with van der Waals surface area (Å²) in [4.78, 5) is 27.6. The Hall–Kier alpha value is -4.22. The Labute approximate surface area is 165 Å². The summed E-state index contributed by atoms with van der Waals surface area (Å²) in [7, 11) is 4.74. The molecule has 0 spiro atoms. The molecule has 2 aromatic heterocycles. The number of carbonyl (C=O) groups excluding carboxylic acids is 2. The average molecular weight is 397 g/mol. The second-order valence-electron chi connectivity index (χ2n) is 5.81. The first kappa shape index (κ1) is 19.5. The number of para-hydroxylation sites is 1. The molecule has 0 bridgehead atoms. The highest BCUT2D eigenvalue weighted by molar-refractivity contribution is 5.99. The molecule has 12 nitrogen and oxygen atoms in total. The molecule has 3 rings (SSSR count). The quantitative estimate of drug-likeness (QED) is 0.476. The zero-order valence-corrected chi connectivity index (χ0v) is 15.9. The number of aryl methyl sites for hydroxylation is 1. The van der Waals surface area contributed by atoms with E-state index in [1.165, 1.54) is 20.2 Å². The molecule has 0 fully saturated rings. The van der Waals surface area contributed by atoms with E-state index in [1.54, 1.807) is 30.2 Å². The fraction of sp³-hybridized carbons (Fsp3) is 0.176.